The molecule has 0 aromatic rings. The molecule has 0 aromatic carbocycles. The van der Waals surface area contributed by atoms with E-state index in [0.29, 0.717) is 5.84 Å². The van der Waals surface area contributed by atoms with Crippen molar-refractivity contribution in [2.45, 2.75) is 6.92 Å². The molecule has 0 fully saturated rings. The Bertz CT molecular complexity index is 242. The second-order valence-corrected chi connectivity index (χ2v) is 3.36. The molecule has 1 N–H and O–H groups in total. The van der Waals surface area contributed by atoms with Crippen LogP contribution in [0.2, 0.25) is 0 Å². The van der Waals surface area contributed by atoms with Gasteiger partial charge in [0, 0.05) is 7.05 Å². The Morgan fingerprint density at radius 2 is 2.22 bits per heavy atom. The summed E-state index contributed by atoms with van der Waals surface area (Å²) in [7, 11) is -1.97. The van der Waals surface area contributed by atoms with Crippen LogP contribution in [-0.2, 0) is 10.2 Å². The van der Waals surface area contributed by atoms with Crippen molar-refractivity contribution in [2.75, 3.05) is 7.05 Å². The van der Waals surface area contributed by atoms with Crippen molar-refractivity contribution in [2.24, 2.45) is 4.40 Å². The van der Waals surface area contributed by atoms with Gasteiger partial charge in [0.25, 0.3) is 0 Å². The number of hydrogen-bond acceptors (Lipinski definition) is 3. The quantitative estimate of drug-likeness (QED) is 0.485. The van der Waals surface area contributed by atoms with Gasteiger partial charge in [-0.3, -0.25) is 5.43 Å². The molecule has 0 amide bonds. The van der Waals surface area contributed by atoms with E-state index in [-0.39, 0.29) is 0 Å². The number of amidine groups is 1. The first-order valence-electron chi connectivity index (χ1n) is 2.34. The first-order valence-corrected chi connectivity index (χ1v) is 3.74. The Labute approximate surface area is 53.5 Å². The second kappa shape index (κ2) is 1.68. The van der Waals surface area contributed by atoms with Gasteiger partial charge >= 0.3 is 10.2 Å². The minimum Gasteiger partial charge on any atom is -0.291 e. The normalized spacial score (nSPS) is 25.3. The average molecular weight is 149 g/mol. The van der Waals surface area contributed by atoms with Gasteiger partial charge < -0.3 is 0 Å². The van der Waals surface area contributed by atoms with Crippen LogP contribution < -0.4 is 5.43 Å². The Hall–Kier alpha value is -0.620. The summed E-state index contributed by atoms with van der Waals surface area (Å²) in [6.45, 7) is 1.58. The predicted octanol–water partition coefficient (Wildman–Crippen LogP) is -0.900. The molecule has 1 aliphatic heterocycles. The lowest BCUT2D eigenvalue weighted by Crippen LogP contribution is -2.33. The van der Waals surface area contributed by atoms with E-state index in [9.17, 15) is 8.42 Å². The maximum Gasteiger partial charge on any atom is 0.340 e. The lowest BCUT2D eigenvalue weighted by molar-refractivity contribution is 0.453. The van der Waals surface area contributed by atoms with Crippen molar-refractivity contribution in [3.8, 4) is 0 Å². The van der Waals surface area contributed by atoms with Crippen molar-refractivity contribution in [1.82, 2.24) is 9.84 Å². The number of hydrazine groups is 1. The third-order valence-corrected chi connectivity index (χ3v) is 2.21. The number of hydrogen-bond donors (Lipinski definition) is 1. The van der Waals surface area contributed by atoms with E-state index < -0.39 is 10.2 Å². The largest absolute Gasteiger partial charge is 0.340 e. The fourth-order valence-electron chi connectivity index (χ4n) is 0.540. The lowest BCUT2D eigenvalue weighted by Gasteiger charge is -2.03. The van der Waals surface area contributed by atoms with Gasteiger partial charge in [-0.2, -0.15) is 8.42 Å². The second-order valence-electron chi connectivity index (χ2n) is 1.73. The van der Waals surface area contributed by atoms with Crippen LogP contribution in [-0.4, -0.2) is 25.7 Å². The van der Waals surface area contributed by atoms with Crippen LogP contribution in [0.5, 0.6) is 0 Å². The molecule has 1 aliphatic rings. The number of nitrogens with zero attached hydrogens (tertiary/aromatic N) is 2. The van der Waals surface area contributed by atoms with Crippen LogP contribution >= 0.6 is 0 Å². The third kappa shape index (κ3) is 1.03. The molecular weight excluding hydrogens is 142 g/mol. The van der Waals surface area contributed by atoms with Gasteiger partial charge in [0.05, 0.1) is 0 Å². The fourth-order valence-corrected chi connectivity index (χ4v) is 1.30. The summed E-state index contributed by atoms with van der Waals surface area (Å²) < 4.78 is 25.6. The van der Waals surface area contributed by atoms with Gasteiger partial charge in [-0.25, -0.2) is 0 Å². The molecule has 0 unspecified atom stereocenters. The molecule has 0 aliphatic carbocycles. The molecule has 0 bridgehead atoms. The lowest BCUT2D eigenvalue weighted by atomic mass is 10.7. The maximum atomic E-state index is 10.6. The molecule has 1 rings (SSSR count). The van der Waals surface area contributed by atoms with Crippen LogP contribution in [0.4, 0.5) is 0 Å². The maximum absolute atomic E-state index is 10.6. The molecule has 5 nitrogen and oxygen atoms in total. The Morgan fingerprint density at radius 1 is 1.67 bits per heavy atom. The SMILES string of the molecule is CC1=NS(=O)(=O)N(C)N1. The zero-order valence-corrected chi connectivity index (χ0v) is 5.94. The summed E-state index contributed by atoms with van der Waals surface area (Å²) in [6, 6.07) is 0. The third-order valence-electron chi connectivity index (χ3n) is 0.918. The molecule has 9 heavy (non-hydrogen) atoms. The standard InChI is InChI=1S/C3H7N3O2S/c1-3-4-6(2)9(7,8)5-3/h1-2H3,(H,4,5). The minimum absolute atomic E-state index is 0.400. The van der Waals surface area contributed by atoms with Crippen LogP contribution in [0.1, 0.15) is 6.92 Å². The molecule has 0 spiro atoms. The van der Waals surface area contributed by atoms with Gasteiger partial charge in [0.2, 0.25) is 0 Å². The summed E-state index contributed by atoms with van der Waals surface area (Å²) >= 11 is 0. The van der Waals surface area contributed by atoms with E-state index in [0.717, 1.165) is 4.41 Å². The van der Waals surface area contributed by atoms with E-state index in [1.807, 2.05) is 0 Å². The van der Waals surface area contributed by atoms with Gasteiger partial charge in [-0.05, 0) is 6.92 Å². The van der Waals surface area contributed by atoms with E-state index in [1.54, 1.807) is 6.92 Å². The topological polar surface area (TPSA) is 61.8 Å². The monoisotopic (exact) mass is 149 g/mol. The molecule has 6 heteroatoms. The molecule has 1 heterocycles. The van der Waals surface area contributed by atoms with Crippen molar-refractivity contribution in [3.63, 3.8) is 0 Å². The minimum atomic E-state index is -3.36. The average Bonchev–Trinajstić information content (AvgIpc) is 1.79. The summed E-state index contributed by atoms with van der Waals surface area (Å²) in [5, 5.41) is 0. The van der Waals surface area contributed by atoms with Gasteiger partial charge in [0.1, 0.15) is 5.84 Å². The molecule has 0 radical (unpaired) electrons. The zero-order valence-electron chi connectivity index (χ0n) is 5.12. The first kappa shape index (κ1) is 6.50. The zero-order chi connectivity index (χ0) is 7.07. The molecule has 52 valence electrons. The summed E-state index contributed by atoms with van der Waals surface area (Å²) in [6.07, 6.45) is 0. The van der Waals surface area contributed by atoms with Crippen LogP contribution in [0, 0.1) is 0 Å². The molecule has 0 aromatic heterocycles. The fraction of sp³-hybridized carbons (Fsp3) is 0.667. The van der Waals surface area contributed by atoms with E-state index in [4.69, 9.17) is 0 Å². The van der Waals surface area contributed by atoms with Gasteiger partial charge in [0.15, 0.2) is 0 Å². The van der Waals surface area contributed by atoms with E-state index >= 15 is 0 Å². The Kier molecular flexibility index (Phi) is 1.21. The number of rotatable bonds is 0. The Morgan fingerprint density at radius 3 is 2.33 bits per heavy atom. The van der Waals surface area contributed by atoms with E-state index in [2.05, 4.69) is 9.82 Å². The van der Waals surface area contributed by atoms with Crippen molar-refractivity contribution in [3.05, 3.63) is 0 Å². The summed E-state index contributed by atoms with van der Waals surface area (Å²) in [5.74, 6) is 0.400. The smallest absolute Gasteiger partial charge is 0.291 e. The predicted molar refractivity (Wildman–Crippen MR) is 32.9 cm³/mol. The van der Waals surface area contributed by atoms with Crippen molar-refractivity contribution < 1.29 is 8.42 Å². The van der Waals surface area contributed by atoms with Crippen LogP contribution in [0.3, 0.4) is 0 Å². The summed E-state index contributed by atoms with van der Waals surface area (Å²) in [5.41, 5.74) is 2.50. The number of nitrogens with one attached hydrogen (secondary N) is 1. The Balaban J connectivity index is 3.04. The highest BCUT2D eigenvalue weighted by molar-refractivity contribution is 7.88. The molecular formula is C3H7N3O2S. The highest BCUT2D eigenvalue weighted by Gasteiger charge is 2.22. The first-order chi connectivity index (χ1) is 4.02. The highest BCUT2D eigenvalue weighted by Crippen LogP contribution is 2.02. The van der Waals surface area contributed by atoms with Gasteiger partial charge in [-0.1, -0.05) is 4.41 Å². The van der Waals surface area contributed by atoms with Crippen LogP contribution in [0.25, 0.3) is 0 Å². The highest BCUT2D eigenvalue weighted by atomic mass is 32.2. The van der Waals surface area contributed by atoms with Crippen LogP contribution in [0.15, 0.2) is 4.40 Å². The van der Waals surface area contributed by atoms with Crippen molar-refractivity contribution >= 4 is 16.0 Å². The molecule has 0 saturated carbocycles. The van der Waals surface area contributed by atoms with E-state index in [1.165, 1.54) is 7.05 Å². The van der Waals surface area contributed by atoms with Gasteiger partial charge in [-0.15, -0.1) is 4.40 Å². The molecule has 0 saturated heterocycles. The molecule has 0 atom stereocenters. The summed E-state index contributed by atoms with van der Waals surface area (Å²) in [4.78, 5) is 0. The van der Waals surface area contributed by atoms with Crippen molar-refractivity contribution in [1.29, 1.82) is 0 Å².